The van der Waals surface area contributed by atoms with E-state index in [1.54, 1.807) is 6.92 Å². The fourth-order valence-corrected chi connectivity index (χ4v) is 4.83. The normalized spacial score (nSPS) is 26.8. The van der Waals surface area contributed by atoms with Crippen LogP contribution in [0.2, 0.25) is 0 Å². The average molecular weight is 408 g/mol. The first kappa shape index (κ1) is 23.2. The zero-order valence-corrected chi connectivity index (χ0v) is 17.5. The smallest absolute Gasteiger partial charge is 0.329 e. The van der Waals surface area contributed by atoms with Gasteiger partial charge in [0.15, 0.2) is 0 Å². The number of amides is 1. The zero-order valence-electron chi connectivity index (χ0n) is 17.5. The summed E-state index contributed by atoms with van der Waals surface area (Å²) in [5, 5.41) is 22.4. The van der Waals surface area contributed by atoms with E-state index >= 15 is 0 Å². The van der Waals surface area contributed by atoms with Crippen molar-refractivity contribution in [1.29, 1.82) is 0 Å². The van der Waals surface area contributed by atoms with Gasteiger partial charge in [-0.3, -0.25) is 9.59 Å². The van der Waals surface area contributed by atoms with Gasteiger partial charge >= 0.3 is 11.9 Å². The SMILES string of the molecule is CC#CCC(CC1(C(=O)N[C@]2(C(=O)O)CCC[C@H](OCC)C2)CCCC1)C(=O)O. The van der Waals surface area contributed by atoms with Crippen molar-refractivity contribution in [2.24, 2.45) is 11.3 Å². The van der Waals surface area contributed by atoms with Crippen LogP contribution in [0.15, 0.2) is 0 Å². The van der Waals surface area contributed by atoms with Crippen molar-refractivity contribution in [2.45, 2.75) is 89.7 Å². The van der Waals surface area contributed by atoms with E-state index in [1.807, 2.05) is 6.92 Å². The summed E-state index contributed by atoms with van der Waals surface area (Å²) < 4.78 is 5.65. The second-order valence-electron chi connectivity index (χ2n) is 8.37. The summed E-state index contributed by atoms with van der Waals surface area (Å²) in [6.07, 6.45) is 5.04. The Hall–Kier alpha value is -2.07. The van der Waals surface area contributed by atoms with Crippen molar-refractivity contribution in [1.82, 2.24) is 5.32 Å². The molecule has 0 radical (unpaired) electrons. The molecule has 0 aromatic rings. The van der Waals surface area contributed by atoms with E-state index in [0.717, 1.165) is 19.3 Å². The molecular formula is C22H33NO6. The molecule has 1 amide bonds. The molecule has 0 heterocycles. The van der Waals surface area contributed by atoms with Crippen LogP contribution in [0.25, 0.3) is 0 Å². The summed E-state index contributed by atoms with van der Waals surface area (Å²) in [7, 11) is 0. The third kappa shape index (κ3) is 5.51. The molecular weight excluding hydrogens is 374 g/mol. The topological polar surface area (TPSA) is 113 Å². The molecule has 2 saturated carbocycles. The lowest BCUT2D eigenvalue weighted by atomic mass is 9.74. The molecule has 3 atom stereocenters. The van der Waals surface area contributed by atoms with E-state index in [9.17, 15) is 24.6 Å². The molecule has 3 N–H and O–H groups in total. The van der Waals surface area contributed by atoms with Crippen LogP contribution in [0.3, 0.4) is 0 Å². The Morgan fingerprint density at radius 2 is 1.86 bits per heavy atom. The van der Waals surface area contributed by atoms with Crippen molar-refractivity contribution in [3.8, 4) is 11.8 Å². The molecule has 7 nitrogen and oxygen atoms in total. The molecule has 0 aromatic heterocycles. The first-order valence-electron chi connectivity index (χ1n) is 10.6. The minimum absolute atomic E-state index is 0.188. The quantitative estimate of drug-likeness (QED) is 0.507. The molecule has 2 aliphatic rings. The number of aliphatic carboxylic acids is 2. The van der Waals surface area contributed by atoms with Crippen LogP contribution in [0, 0.1) is 23.2 Å². The standard InChI is InChI=1S/C22H33NO6/c1-3-5-9-16(18(24)25)14-21(11-6-7-12-21)19(26)23-22(20(27)28)13-8-10-17(15-22)29-4-2/h16-17H,4,6-15H2,1-2H3,(H,23,26)(H,24,25)(H,27,28)/t16?,17-,22+/m0/s1. The summed E-state index contributed by atoms with van der Waals surface area (Å²) in [5.74, 6) is 2.45. The molecule has 7 heteroatoms. The first-order chi connectivity index (χ1) is 13.8. The zero-order chi connectivity index (χ0) is 21.5. The maximum atomic E-state index is 13.4. The van der Waals surface area contributed by atoms with Crippen LogP contribution in [-0.2, 0) is 19.1 Å². The van der Waals surface area contributed by atoms with Gasteiger partial charge in [0, 0.05) is 19.4 Å². The lowest BCUT2D eigenvalue weighted by Gasteiger charge is -2.41. The molecule has 29 heavy (non-hydrogen) atoms. The number of carboxylic acids is 2. The third-order valence-electron chi connectivity index (χ3n) is 6.42. The molecule has 0 saturated heterocycles. The average Bonchev–Trinajstić information content (AvgIpc) is 3.15. The highest BCUT2D eigenvalue weighted by atomic mass is 16.5. The fourth-order valence-electron chi connectivity index (χ4n) is 4.83. The number of ether oxygens (including phenoxy) is 1. The van der Waals surface area contributed by atoms with Crippen LogP contribution in [0.5, 0.6) is 0 Å². The van der Waals surface area contributed by atoms with Gasteiger partial charge in [-0.15, -0.1) is 11.8 Å². The second kappa shape index (κ2) is 10.1. The Labute approximate surface area is 172 Å². The van der Waals surface area contributed by atoms with Gasteiger partial charge in [-0.05, 0) is 52.4 Å². The van der Waals surface area contributed by atoms with Crippen LogP contribution in [0.4, 0.5) is 0 Å². The molecule has 0 aromatic carbocycles. The van der Waals surface area contributed by atoms with Crippen molar-refractivity contribution in [2.75, 3.05) is 6.61 Å². The molecule has 0 spiro atoms. The number of hydrogen-bond acceptors (Lipinski definition) is 4. The maximum Gasteiger partial charge on any atom is 0.329 e. The van der Waals surface area contributed by atoms with Crippen LogP contribution >= 0.6 is 0 Å². The number of hydrogen-bond donors (Lipinski definition) is 3. The highest BCUT2D eigenvalue weighted by Crippen LogP contribution is 2.45. The van der Waals surface area contributed by atoms with E-state index < -0.39 is 28.8 Å². The summed E-state index contributed by atoms with van der Waals surface area (Å²) >= 11 is 0. The second-order valence-corrected chi connectivity index (χ2v) is 8.37. The largest absolute Gasteiger partial charge is 0.481 e. The van der Waals surface area contributed by atoms with Gasteiger partial charge in [0.2, 0.25) is 5.91 Å². The summed E-state index contributed by atoms with van der Waals surface area (Å²) in [4.78, 5) is 37.3. The molecule has 1 unspecified atom stereocenters. The number of carboxylic acid groups (broad SMARTS) is 2. The number of rotatable bonds is 9. The van der Waals surface area contributed by atoms with Crippen LogP contribution in [-0.4, -0.2) is 46.3 Å². The highest BCUT2D eigenvalue weighted by molar-refractivity contribution is 5.90. The van der Waals surface area contributed by atoms with E-state index in [0.29, 0.717) is 32.3 Å². The van der Waals surface area contributed by atoms with E-state index in [-0.39, 0.29) is 31.3 Å². The predicted octanol–water partition coefficient (Wildman–Crippen LogP) is 2.97. The van der Waals surface area contributed by atoms with Gasteiger partial charge in [-0.2, -0.15) is 0 Å². The minimum atomic E-state index is -1.35. The predicted molar refractivity (Wildman–Crippen MR) is 107 cm³/mol. The Morgan fingerprint density at radius 1 is 1.17 bits per heavy atom. The van der Waals surface area contributed by atoms with Gasteiger partial charge in [-0.1, -0.05) is 12.8 Å². The van der Waals surface area contributed by atoms with Crippen molar-refractivity contribution < 1.29 is 29.3 Å². The number of carbonyl (C=O) groups excluding carboxylic acids is 1. The molecule has 162 valence electrons. The summed E-state index contributed by atoms with van der Waals surface area (Å²) in [6, 6.07) is 0. The minimum Gasteiger partial charge on any atom is -0.481 e. The van der Waals surface area contributed by atoms with Gasteiger partial charge in [0.05, 0.1) is 17.4 Å². The van der Waals surface area contributed by atoms with Crippen LogP contribution in [0.1, 0.15) is 78.1 Å². The van der Waals surface area contributed by atoms with Crippen LogP contribution < -0.4 is 5.32 Å². The molecule has 2 aliphatic carbocycles. The third-order valence-corrected chi connectivity index (χ3v) is 6.42. The number of carbonyl (C=O) groups is 3. The molecule has 0 aliphatic heterocycles. The summed E-state index contributed by atoms with van der Waals surface area (Å²) in [6.45, 7) is 4.02. The van der Waals surface area contributed by atoms with E-state index in [4.69, 9.17) is 4.74 Å². The monoisotopic (exact) mass is 407 g/mol. The van der Waals surface area contributed by atoms with Gasteiger partial charge in [0.25, 0.3) is 0 Å². The van der Waals surface area contributed by atoms with Crippen molar-refractivity contribution in [3.63, 3.8) is 0 Å². The van der Waals surface area contributed by atoms with Gasteiger partial charge < -0.3 is 20.3 Å². The van der Waals surface area contributed by atoms with Crippen molar-refractivity contribution in [3.05, 3.63) is 0 Å². The highest BCUT2D eigenvalue weighted by Gasteiger charge is 2.50. The summed E-state index contributed by atoms with van der Waals surface area (Å²) in [5.41, 5.74) is -2.20. The van der Waals surface area contributed by atoms with E-state index in [1.165, 1.54) is 0 Å². The fraction of sp³-hybridized carbons (Fsp3) is 0.773. The molecule has 0 bridgehead atoms. The molecule has 2 rings (SSSR count). The Bertz CT molecular complexity index is 671. The number of nitrogens with one attached hydrogen (secondary N) is 1. The maximum absolute atomic E-state index is 13.4. The lowest BCUT2D eigenvalue weighted by Crippen LogP contribution is -2.61. The Balaban J connectivity index is 2.23. The Morgan fingerprint density at radius 3 is 2.41 bits per heavy atom. The Kier molecular flexibility index (Phi) is 8.09. The van der Waals surface area contributed by atoms with Gasteiger partial charge in [-0.25, -0.2) is 4.79 Å². The first-order valence-corrected chi connectivity index (χ1v) is 10.6. The van der Waals surface area contributed by atoms with Gasteiger partial charge in [0.1, 0.15) is 5.54 Å². The van der Waals surface area contributed by atoms with E-state index in [2.05, 4.69) is 17.2 Å². The molecule has 2 fully saturated rings. The van der Waals surface area contributed by atoms with Crippen molar-refractivity contribution >= 4 is 17.8 Å². The lowest BCUT2D eigenvalue weighted by molar-refractivity contribution is -0.155.